The molecule has 5 nitrogen and oxygen atoms in total. The minimum atomic E-state index is -1.83. The van der Waals surface area contributed by atoms with Crippen molar-refractivity contribution < 1.29 is 24.8 Å². The molecule has 0 heterocycles. The first-order chi connectivity index (χ1) is 11.9. The summed E-state index contributed by atoms with van der Waals surface area (Å²) < 4.78 is 0. The first kappa shape index (κ1) is 23.2. The van der Waals surface area contributed by atoms with Crippen LogP contribution in [0.4, 0.5) is 4.79 Å². The Morgan fingerprint density at radius 1 is 0.654 bits per heavy atom. The number of hydrogen-bond acceptors (Lipinski definition) is 3. The van der Waals surface area contributed by atoms with Crippen molar-refractivity contribution in [2.75, 3.05) is 0 Å². The molecule has 154 valence electrons. The Kier molecular flexibility index (Phi) is 8.87. The van der Waals surface area contributed by atoms with Gasteiger partial charge in [0.15, 0.2) is 0 Å². The molecular formula is C21H40O5. The molecule has 2 fully saturated rings. The van der Waals surface area contributed by atoms with Gasteiger partial charge in [-0.2, -0.15) is 0 Å². The van der Waals surface area contributed by atoms with Gasteiger partial charge in [0.1, 0.15) is 0 Å². The number of rotatable bonds is 3. The van der Waals surface area contributed by atoms with Gasteiger partial charge >= 0.3 is 6.16 Å². The van der Waals surface area contributed by atoms with Crippen molar-refractivity contribution >= 4 is 6.16 Å². The van der Waals surface area contributed by atoms with Crippen LogP contribution >= 0.6 is 0 Å². The molecular weight excluding hydrogens is 332 g/mol. The topological polar surface area (TPSA) is 76.0 Å². The van der Waals surface area contributed by atoms with Gasteiger partial charge in [0.2, 0.25) is 0 Å². The van der Waals surface area contributed by atoms with E-state index in [1.54, 1.807) is 0 Å². The maximum Gasteiger partial charge on any atom is 0.503 e. The van der Waals surface area contributed by atoms with Crippen LogP contribution in [0, 0.1) is 22.7 Å². The van der Waals surface area contributed by atoms with Crippen LogP contribution in [0.5, 0.6) is 0 Å². The lowest BCUT2D eigenvalue weighted by atomic mass is 9.72. The van der Waals surface area contributed by atoms with Crippen LogP contribution in [0.1, 0.15) is 92.9 Å². The minimum Gasteiger partial charge on any atom is -0.450 e. The predicted octanol–water partition coefficient (Wildman–Crippen LogP) is 6.37. The summed E-state index contributed by atoms with van der Waals surface area (Å²) in [6, 6.07) is 0. The molecule has 0 aromatic carbocycles. The van der Waals surface area contributed by atoms with Gasteiger partial charge in [0, 0.05) is 0 Å². The van der Waals surface area contributed by atoms with Crippen molar-refractivity contribution in [1.29, 1.82) is 0 Å². The van der Waals surface area contributed by atoms with E-state index in [9.17, 15) is 0 Å². The van der Waals surface area contributed by atoms with E-state index in [1.807, 2.05) is 0 Å². The second-order valence-corrected chi connectivity index (χ2v) is 10.2. The zero-order chi connectivity index (χ0) is 20.0. The number of carboxylic acid groups (broad SMARTS) is 2. The molecule has 0 radical (unpaired) electrons. The van der Waals surface area contributed by atoms with Gasteiger partial charge < -0.3 is 10.2 Å². The van der Waals surface area contributed by atoms with E-state index in [2.05, 4.69) is 41.5 Å². The Balaban J connectivity index is 0.000000765. The lowest BCUT2D eigenvalue weighted by Crippen LogP contribution is -2.32. The molecule has 2 aliphatic rings. The molecule has 2 aliphatic carbocycles. The second-order valence-electron chi connectivity index (χ2n) is 10.2. The molecule has 5 heteroatoms. The summed E-state index contributed by atoms with van der Waals surface area (Å²) in [5, 5.41) is 13.9. The molecule has 0 spiro atoms. The number of hydrogen-bond donors (Lipinski definition) is 2. The zero-order valence-electron chi connectivity index (χ0n) is 17.6. The fraction of sp³-hybridized carbons (Fsp3) is 0.952. The summed E-state index contributed by atoms with van der Waals surface area (Å²) in [4.78, 5) is 20.2. The van der Waals surface area contributed by atoms with Crippen LogP contribution in [-0.2, 0) is 9.78 Å². The van der Waals surface area contributed by atoms with E-state index in [1.165, 1.54) is 51.4 Å². The van der Waals surface area contributed by atoms with E-state index >= 15 is 0 Å². The highest BCUT2D eigenvalue weighted by atomic mass is 17.2. The fourth-order valence-corrected chi connectivity index (χ4v) is 4.21. The molecule has 0 unspecified atom stereocenters. The maximum atomic E-state index is 8.56. The highest BCUT2D eigenvalue weighted by molar-refractivity contribution is 5.53. The van der Waals surface area contributed by atoms with E-state index in [-0.39, 0.29) is 0 Å². The molecule has 0 aromatic heterocycles. The van der Waals surface area contributed by atoms with Crippen LogP contribution in [0.3, 0.4) is 0 Å². The summed E-state index contributed by atoms with van der Waals surface area (Å²) in [7, 11) is 0. The van der Waals surface area contributed by atoms with Crippen LogP contribution in [-0.4, -0.2) is 28.6 Å². The van der Waals surface area contributed by atoms with Gasteiger partial charge in [-0.1, -0.05) is 41.5 Å². The lowest BCUT2D eigenvalue weighted by Gasteiger charge is -2.38. The molecule has 0 aliphatic heterocycles. The monoisotopic (exact) mass is 372 g/mol. The van der Waals surface area contributed by atoms with Crippen LogP contribution in [0.25, 0.3) is 0 Å². The minimum absolute atomic E-state index is 0.332. The quantitative estimate of drug-likeness (QED) is 0.445. The summed E-state index contributed by atoms with van der Waals surface area (Å²) in [6.45, 7) is 14.2. The predicted molar refractivity (Wildman–Crippen MR) is 103 cm³/mol. The lowest BCUT2D eigenvalue weighted by molar-refractivity contribution is -0.360. The van der Waals surface area contributed by atoms with Crippen LogP contribution < -0.4 is 0 Å². The van der Waals surface area contributed by atoms with Gasteiger partial charge in [-0.05, 0) is 74.0 Å². The maximum absolute atomic E-state index is 8.56. The van der Waals surface area contributed by atoms with E-state index < -0.39 is 6.16 Å². The van der Waals surface area contributed by atoms with E-state index in [0.717, 1.165) is 11.8 Å². The Hall–Kier alpha value is -0.810. The van der Waals surface area contributed by atoms with Crippen molar-refractivity contribution in [3.8, 4) is 0 Å². The van der Waals surface area contributed by atoms with Crippen molar-refractivity contribution in [2.24, 2.45) is 22.7 Å². The van der Waals surface area contributed by atoms with Gasteiger partial charge in [0.25, 0.3) is 0 Å². The van der Waals surface area contributed by atoms with Gasteiger partial charge in [-0.15, -0.1) is 0 Å². The Labute approximate surface area is 159 Å². The average molecular weight is 373 g/mol. The molecule has 2 saturated carbocycles. The van der Waals surface area contributed by atoms with Gasteiger partial charge in [-0.3, -0.25) is 0 Å². The van der Waals surface area contributed by atoms with Crippen molar-refractivity contribution in [3.05, 3.63) is 0 Å². The Morgan fingerprint density at radius 3 is 1.08 bits per heavy atom. The van der Waals surface area contributed by atoms with Crippen LogP contribution in [0.15, 0.2) is 0 Å². The van der Waals surface area contributed by atoms with Crippen molar-refractivity contribution in [3.63, 3.8) is 0 Å². The SMILES string of the molecule is CC(C)(C)C1CCC(OOC2CCC(C(C)(C)C)CC2)CC1.O=C(O)O. The normalized spacial score (nSPS) is 30.2. The molecule has 0 saturated heterocycles. The third-order valence-corrected chi connectivity index (χ3v) is 6.13. The fourth-order valence-electron chi connectivity index (χ4n) is 4.21. The third kappa shape index (κ3) is 8.72. The summed E-state index contributed by atoms with van der Waals surface area (Å²) in [6.07, 6.45) is 8.64. The summed E-state index contributed by atoms with van der Waals surface area (Å²) in [5.41, 5.74) is 0.883. The largest absolute Gasteiger partial charge is 0.503 e. The van der Waals surface area contributed by atoms with E-state index in [4.69, 9.17) is 24.8 Å². The van der Waals surface area contributed by atoms with Gasteiger partial charge in [0.05, 0.1) is 12.2 Å². The highest BCUT2D eigenvalue weighted by Crippen LogP contribution is 2.40. The smallest absolute Gasteiger partial charge is 0.450 e. The zero-order valence-corrected chi connectivity index (χ0v) is 17.6. The Bertz CT molecular complexity index is 367. The molecule has 2 N–H and O–H groups in total. The van der Waals surface area contributed by atoms with Crippen LogP contribution in [0.2, 0.25) is 0 Å². The molecule has 0 atom stereocenters. The second kappa shape index (κ2) is 9.93. The first-order valence-electron chi connectivity index (χ1n) is 10.1. The Morgan fingerprint density at radius 2 is 0.885 bits per heavy atom. The van der Waals surface area contributed by atoms with Crippen molar-refractivity contribution in [1.82, 2.24) is 0 Å². The molecule has 0 aromatic rings. The van der Waals surface area contributed by atoms with Crippen molar-refractivity contribution in [2.45, 2.75) is 105 Å². The average Bonchev–Trinajstić information content (AvgIpc) is 2.51. The number of carbonyl (C=O) groups is 1. The molecule has 0 bridgehead atoms. The molecule has 0 amide bonds. The standard InChI is InChI=1S/C20H38O2.CH2O3/c1-19(2,3)15-7-11-17(12-8-15)21-22-18-13-9-16(10-14-18)20(4,5)6;2-1(3)4/h15-18H,7-14H2,1-6H3;(H2,2,3,4). The van der Waals surface area contributed by atoms with Gasteiger partial charge in [-0.25, -0.2) is 14.6 Å². The highest BCUT2D eigenvalue weighted by Gasteiger charge is 2.33. The molecule has 26 heavy (non-hydrogen) atoms. The van der Waals surface area contributed by atoms with E-state index in [0.29, 0.717) is 23.0 Å². The first-order valence-corrected chi connectivity index (χ1v) is 10.1. The summed E-state index contributed by atoms with van der Waals surface area (Å²) >= 11 is 0. The third-order valence-electron chi connectivity index (χ3n) is 6.13. The summed E-state index contributed by atoms with van der Waals surface area (Å²) in [5.74, 6) is 1.68. The molecule has 2 rings (SSSR count).